The summed E-state index contributed by atoms with van der Waals surface area (Å²) in [5.41, 5.74) is 10.2. The van der Waals surface area contributed by atoms with E-state index in [-0.39, 0.29) is 18.9 Å². The van der Waals surface area contributed by atoms with Crippen LogP contribution in [0.1, 0.15) is 61.3 Å². The van der Waals surface area contributed by atoms with Crippen molar-refractivity contribution in [2.75, 3.05) is 6.54 Å². The molecular formula is C48H46N6O9. The van der Waals surface area contributed by atoms with E-state index >= 15 is 0 Å². The molecule has 2 aromatic heterocycles. The minimum atomic E-state index is -1.54. The highest BCUT2D eigenvalue weighted by Crippen LogP contribution is 2.24. The standard InChI is InChI=1S/C27H25N3O4.C21H21N3O5/c1-18-15-21(23-9-5-6-10-24(23)28-18)17-34-22-13-11-20(12-14-22)27(32)29-25(16-26(31)30-33)19-7-3-2-4-8-19;1-13-10-15(17-4-2-3-5-18(17)23-13)12-29-16-8-6-14(7-9-16)20(26)22-11-19(25)21(27)24-28/h2-15,25,33H,16-17H2,1H3,(H,29,32)(H,30,31);2-10,19,25,28H,11-12H2,1H3,(H,22,26)(H,24,27)/t;19-/m.0/s1. The molecule has 0 fully saturated rings. The Morgan fingerprint density at radius 3 is 1.57 bits per heavy atom. The molecule has 15 heteroatoms. The lowest BCUT2D eigenvalue weighted by molar-refractivity contribution is -0.137. The van der Waals surface area contributed by atoms with Crippen LogP contribution < -0.4 is 31.1 Å². The zero-order valence-corrected chi connectivity index (χ0v) is 34.4. The fourth-order valence-electron chi connectivity index (χ4n) is 6.62. The lowest BCUT2D eigenvalue weighted by atomic mass is 10.0. The minimum Gasteiger partial charge on any atom is -0.489 e. The Balaban J connectivity index is 0.000000213. The van der Waals surface area contributed by atoms with E-state index in [1.807, 2.05) is 105 Å². The summed E-state index contributed by atoms with van der Waals surface area (Å²) >= 11 is 0. The number of carbonyl (C=O) groups is 4. The number of aromatic nitrogens is 2. The molecule has 0 aliphatic carbocycles. The summed E-state index contributed by atoms with van der Waals surface area (Å²) in [4.78, 5) is 56.7. The molecule has 7 N–H and O–H groups in total. The topological polar surface area (TPSA) is 221 Å². The molecule has 7 rings (SSSR count). The van der Waals surface area contributed by atoms with Crippen LogP contribution in [0.4, 0.5) is 0 Å². The number of hydrogen-bond donors (Lipinski definition) is 7. The van der Waals surface area contributed by atoms with Crippen molar-refractivity contribution >= 4 is 45.4 Å². The van der Waals surface area contributed by atoms with Gasteiger partial charge in [0.1, 0.15) is 24.7 Å². The second kappa shape index (κ2) is 21.7. The van der Waals surface area contributed by atoms with Gasteiger partial charge < -0.3 is 25.2 Å². The largest absolute Gasteiger partial charge is 0.489 e. The molecule has 2 atom stereocenters. The number of benzene rings is 5. The number of hydrogen-bond acceptors (Lipinski definition) is 11. The molecule has 4 amide bonds. The van der Waals surface area contributed by atoms with E-state index in [4.69, 9.17) is 19.9 Å². The summed E-state index contributed by atoms with van der Waals surface area (Å²) in [5, 5.41) is 34.1. The SMILES string of the molecule is Cc1cc(COc2ccc(C(=O)NC(CC(=O)NO)c3ccccc3)cc2)c2ccccc2n1.Cc1cc(COc2ccc(C(=O)NC[C@H](O)C(=O)NO)cc2)c2ccccc2n1. The molecule has 0 aliphatic rings. The highest BCUT2D eigenvalue weighted by molar-refractivity contribution is 5.95. The molecular weight excluding hydrogens is 805 g/mol. The van der Waals surface area contributed by atoms with Crippen LogP contribution in [-0.4, -0.2) is 61.8 Å². The molecule has 15 nitrogen and oxygen atoms in total. The fourth-order valence-corrected chi connectivity index (χ4v) is 6.62. The number of aliphatic hydroxyl groups is 1. The van der Waals surface area contributed by atoms with E-state index in [0.717, 1.165) is 49.9 Å². The first-order valence-corrected chi connectivity index (χ1v) is 19.9. The number of aliphatic hydroxyl groups excluding tert-OH is 1. The lowest BCUT2D eigenvalue weighted by Crippen LogP contribution is -2.41. The van der Waals surface area contributed by atoms with Crippen molar-refractivity contribution in [2.45, 2.75) is 45.6 Å². The summed E-state index contributed by atoms with van der Waals surface area (Å²) in [7, 11) is 0. The second-order valence-electron chi connectivity index (χ2n) is 14.4. The van der Waals surface area contributed by atoms with Gasteiger partial charge in [-0.3, -0.25) is 39.6 Å². The molecule has 0 aliphatic heterocycles. The maximum Gasteiger partial charge on any atom is 0.273 e. The number of nitrogens with one attached hydrogen (secondary N) is 4. The molecule has 0 spiro atoms. The smallest absolute Gasteiger partial charge is 0.273 e. The molecule has 63 heavy (non-hydrogen) atoms. The zero-order chi connectivity index (χ0) is 44.7. The maximum atomic E-state index is 12.8. The molecule has 5 aromatic carbocycles. The Morgan fingerprint density at radius 2 is 1.08 bits per heavy atom. The predicted molar refractivity (Wildman–Crippen MR) is 234 cm³/mol. The molecule has 0 bridgehead atoms. The first kappa shape index (κ1) is 44.8. The van der Waals surface area contributed by atoms with Crippen molar-refractivity contribution < 1.29 is 44.2 Å². The summed E-state index contributed by atoms with van der Waals surface area (Å²) < 4.78 is 11.8. The number of pyridine rings is 2. The van der Waals surface area contributed by atoms with Crippen LogP contribution in [0.2, 0.25) is 0 Å². The van der Waals surface area contributed by atoms with Gasteiger partial charge in [-0.25, -0.2) is 11.0 Å². The molecule has 0 saturated carbocycles. The van der Waals surface area contributed by atoms with Crippen LogP contribution in [0.5, 0.6) is 11.5 Å². The Labute approximate surface area is 362 Å². The predicted octanol–water partition coefficient (Wildman–Crippen LogP) is 6.21. The van der Waals surface area contributed by atoms with E-state index in [0.29, 0.717) is 35.8 Å². The van der Waals surface area contributed by atoms with Gasteiger partial charge in [-0.15, -0.1) is 0 Å². The molecule has 322 valence electrons. The van der Waals surface area contributed by atoms with Gasteiger partial charge in [-0.2, -0.15) is 0 Å². The van der Waals surface area contributed by atoms with Gasteiger partial charge in [-0.05, 0) is 92.2 Å². The highest BCUT2D eigenvalue weighted by Gasteiger charge is 2.20. The summed E-state index contributed by atoms with van der Waals surface area (Å²) in [6, 6.07) is 41.7. The number of para-hydroxylation sites is 2. The quantitative estimate of drug-likeness (QED) is 0.0454. The first-order valence-electron chi connectivity index (χ1n) is 19.9. The number of amides is 4. The normalized spacial score (nSPS) is 11.6. The van der Waals surface area contributed by atoms with Crippen molar-refractivity contribution in [3.8, 4) is 11.5 Å². The summed E-state index contributed by atoms with van der Waals surface area (Å²) in [6.45, 7) is 4.30. The van der Waals surface area contributed by atoms with Crippen molar-refractivity contribution in [1.29, 1.82) is 0 Å². The van der Waals surface area contributed by atoms with Gasteiger partial charge in [0.15, 0.2) is 6.10 Å². The molecule has 1 unspecified atom stereocenters. The van der Waals surface area contributed by atoms with Gasteiger partial charge in [0, 0.05) is 44.4 Å². The van der Waals surface area contributed by atoms with Crippen LogP contribution in [0.25, 0.3) is 21.8 Å². The maximum absolute atomic E-state index is 12.8. The van der Waals surface area contributed by atoms with E-state index in [1.165, 1.54) is 5.48 Å². The number of carbonyl (C=O) groups excluding carboxylic acids is 4. The lowest BCUT2D eigenvalue weighted by Gasteiger charge is -2.18. The van der Waals surface area contributed by atoms with Crippen LogP contribution >= 0.6 is 0 Å². The number of ether oxygens (including phenoxy) is 2. The van der Waals surface area contributed by atoms with Gasteiger partial charge in [0.25, 0.3) is 17.7 Å². The minimum absolute atomic E-state index is 0.0905. The average Bonchev–Trinajstić information content (AvgIpc) is 3.31. The van der Waals surface area contributed by atoms with Crippen molar-refractivity contribution in [2.24, 2.45) is 0 Å². The number of hydroxylamine groups is 2. The van der Waals surface area contributed by atoms with Crippen molar-refractivity contribution in [1.82, 2.24) is 31.6 Å². The molecule has 7 aromatic rings. The van der Waals surface area contributed by atoms with E-state index in [2.05, 4.69) is 20.6 Å². The van der Waals surface area contributed by atoms with Gasteiger partial charge >= 0.3 is 0 Å². The van der Waals surface area contributed by atoms with Crippen molar-refractivity contribution in [3.05, 3.63) is 179 Å². The summed E-state index contributed by atoms with van der Waals surface area (Å²) in [6.07, 6.45) is -1.63. The Hall–Kier alpha value is -7.72. The number of nitrogens with zero attached hydrogens (tertiary/aromatic N) is 2. The average molecular weight is 851 g/mol. The van der Waals surface area contributed by atoms with Crippen LogP contribution in [0.3, 0.4) is 0 Å². The van der Waals surface area contributed by atoms with Gasteiger partial charge in [-0.1, -0.05) is 66.7 Å². The Morgan fingerprint density at radius 1 is 0.603 bits per heavy atom. The van der Waals surface area contributed by atoms with E-state index < -0.39 is 29.9 Å². The Kier molecular flexibility index (Phi) is 15.4. The second-order valence-corrected chi connectivity index (χ2v) is 14.4. The number of fused-ring (bicyclic) bond motifs is 2. The number of aryl methyl sites for hydroxylation is 2. The fraction of sp³-hybridized carbons (Fsp3) is 0.167. The first-order chi connectivity index (χ1) is 30.5. The Bertz CT molecular complexity index is 2680. The molecule has 2 heterocycles. The molecule has 0 saturated heterocycles. The monoisotopic (exact) mass is 850 g/mol. The van der Waals surface area contributed by atoms with Crippen molar-refractivity contribution in [3.63, 3.8) is 0 Å². The van der Waals surface area contributed by atoms with Gasteiger partial charge in [0.2, 0.25) is 5.91 Å². The highest BCUT2D eigenvalue weighted by atomic mass is 16.5. The third kappa shape index (κ3) is 12.4. The van der Waals surface area contributed by atoms with Crippen LogP contribution in [-0.2, 0) is 22.8 Å². The third-order valence-electron chi connectivity index (χ3n) is 9.77. The van der Waals surface area contributed by atoms with Crippen LogP contribution in [0.15, 0.2) is 140 Å². The van der Waals surface area contributed by atoms with Gasteiger partial charge in [0.05, 0.1) is 30.0 Å². The van der Waals surface area contributed by atoms with Crippen LogP contribution in [0, 0.1) is 13.8 Å². The number of rotatable bonds is 15. The molecule has 0 radical (unpaired) electrons. The van der Waals surface area contributed by atoms with E-state index in [1.54, 1.807) is 54.0 Å². The summed E-state index contributed by atoms with van der Waals surface area (Å²) in [5.74, 6) is -1.14. The zero-order valence-electron chi connectivity index (χ0n) is 34.4. The van der Waals surface area contributed by atoms with E-state index in [9.17, 15) is 24.3 Å². The third-order valence-corrected chi connectivity index (χ3v) is 9.77.